The van der Waals surface area contributed by atoms with Crippen molar-refractivity contribution >= 4 is 16.7 Å². The van der Waals surface area contributed by atoms with E-state index in [1.165, 1.54) is 10.9 Å². The second kappa shape index (κ2) is 6.41. The molecule has 0 aliphatic carbocycles. The number of aromatic nitrogens is 1. The Morgan fingerprint density at radius 2 is 2.24 bits per heavy atom. The zero-order chi connectivity index (χ0) is 14.7. The molecule has 2 aromatic rings. The number of hydrogen-bond donors (Lipinski definition) is 1. The summed E-state index contributed by atoms with van der Waals surface area (Å²) >= 11 is 0. The van der Waals surface area contributed by atoms with E-state index < -0.39 is 0 Å². The van der Waals surface area contributed by atoms with E-state index in [1.807, 2.05) is 7.05 Å². The highest BCUT2D eigenvalue weighted by Gasteiger charge is 2.20. The van der Waals surface area contributed by atoms with Crippen molar-refractivity contribution < 1.29 is 4.74 Å². The minimum absolute atomic E-state index is 0.319. The SMILES string of the molecule is CCC1CN(c2cc(CNC)c3ccccc3n2)CCO1. The Balaban J connectivity index is 1.98. The Morgan fingerprint density at radius 1 is 1.38 bits per heavy atom. The molecule has 1 aromatic heterocycles. The van der Waals surface area contributed by atoms with E-state index in [2.05, 4.69) is 47.5 Å². The second-order valence-corrected chi connectivity index (χ2v) is 5.53. The predicted molar refractivity (Wildman–Crippen MR) is 86.8 cm³/mol. The molecule has 0 spiro atoms. The van der Waals surface area contributed by atoms with Gasteiger partial charge in [-0.2, -0.15) is 0 Å². The zero-order valence-corrected chi connectivity index (χ0v) is 12.8. The molecule has 0 radical (unpaired) electrons. The van der Waals surface area contributed by atoms with Gasteiger partial charge in [0.25, 0.3) is 0 Å². The van der Waals surface area contributed by atoms with Crippen molar-refractivity contribution in [3.8, 4) is 0 Å². The minimum atomic E-state index is 0.319. The van der Waals surface area contributed by atoms with Crippen LogP contribution in [0.4, 0.5) is 5.82 Å². The molecule has 2 heterocycles. The van der Waals surface area contributed by atoms with Crippen molar-refractivity contribution in [2.24, 2.45) is 0 Å². The number of morpholine rings is 1. The van der Waals surface area contributed by atoms with Gasteiger partial charge in [-0.25, -0.2) is 4.98 Å². The van der Waals surface area contributed by atoms with E-state index in [-0.39, 0.29) is 0 Å². The molecule has 0 bridgehead atoms. The number of rotatable bonds is 4. The number of benzene rings is 1. The first-order valence-corrected chi connectivity index (χ1v) is 7.71. The number of fused-ring (bicyclic) bond motifs is 1. The molecule has 0 amide bonds. The Kier molecular flexibility index (Phi) is 4.36. The largest absolute Gasteiger partial charge is 0.375 e. The lowest BCUT2D eigenvalue weighted by molar-refractivity contribution is 0.0382. The molecule has 0 saturated carbocycles. The third-order valence-corrected chi connectivity index (χ3v) is 4.07. The maximum Gasteiger partial charge on any atom is 0.129 e. The molecule has 1 unspecified atom stereocenters. The minimum Gasteiger partial charge on any atom is -0.375 e. The van der Waals surface area contributed by atoms with Crippen LogP contribution in [-0.4, -0.2) is 37.8 Å². The third kappa shape index (κ3) is 3.01. The second-order valence-electron chi connectivity index (χ2n) is 5.53. The standard InChI is InChI=1S/C17H23N3O/c1-3-14-12-20(8-9-21-14)17-10-13(11-18-2)15-6-4-5-7-16(15)19-17/h4-7,10,14,18H,3,8-9,11-12H2,1-2H3. The maximum absolute atomic E-state index is 5.76. The average Bonchev–Trinajstić information content (AvgIpc) is 2.55. The first-order chi connectivity index (χ1) is 10.3. The van der Waals surface area contributed by atoms with Crippen LogP contribution in [0.1, 0.15) is 18.9 Å². The van der Waals surface area contributed by atoms with Gasteiger partial charge in [0.05, 0.1) is 18.2 Å². The number of nitrogens with one attached hydrogen (secondary N) is 1. The lowest BCUT2D eigenvalue weighted by Gasteiger charge is -2.33. The Bertz CT molecular complexity index is 614. The van der Waals surface area contributed by atoms with E-state index >= 15 is 0 Å². The van der Waals surface area contributed by atoms with E-state index in [0.717, 1.165) is 44.0 Å². The maximum atomic E-state index is 5.76. The number of anilines is 1. The molecule has 1 saturated heterocycles. The highest BCUT2D eigenvalue weighted by Crippen LogP contribution is 2.24. The van der Waals surface area contributed by atoms with Gasteiger partial charge in [-0.15, -0.1) is 0 Å². The molecular weight excluding hydrogens is 262 g/mol. The average molecular weight is 285 g/mol. The molecule has 1 aliphatic rings. The van der Waals surface area contributed by atoms with Gasteiger partial charge in [-0.1, -0.05) is 25.1 Å². The van der Waals surface area contributed by atoms with Crippen molar-refractivity contribution in [1.82, 2.24) is 10.3 Å². The molecule has 1 aliphatic heterocycles. The summed E-state index contributed by atoms with van der Waals surface area (Å²) in [6.45, 7) is 5.67. The molecule has 1 N–H and O–H groups in total. The summed E-state index contributed by atoms with van der Waals surface area (Å²) < 4.78 is 5.76. The van der Waals surface area contributed by atoms with Crippen LogP contribution >= 0.6 is 0 Å². The van der Waals surface area contributed by atoms with E-state index in [1.54, 1.807) is 0 Å². The van der Waals surface area contributed by atoms with Gasteiger partial charge >= 0.3 is 0 Å². The predicted octanol–water partition coefficient (Wildman–Crippen LogP) is 2.57. The van der Waals surface area contributed by atoms with Crippen molar-refractivity contribution in [1.29, 1.82) is 0 Å². The molecule has 1 aromatic carbocycles. The molecular formula is C17H23N3O. The summed E-state index contributed by atoms with van der Waals surface area (Å²) in [5.74, 6) is 1.07. The highest BCUT2D eigenvalue weighted by atomic mass is 16.5. The van der Waals surface area contributed by atoms with Crippen LogP contribution in [0.15, 0.2) is 30.3 Å². The smallest absolute Gasteiger partial charge is 0.129 e. The van der Waals surface area contributed by atoms with Crippen molar-refractivity contribution in [2.45, 2.75) is 26.0 Å². The fourth-order valence-electron chi connectivity index (χ4n) is 2.91. The zero-order valence-electron chi connectivity index (χ0n) is 12.8. The number of nitrogens with zero attached hydrogens (tertiary/aromatic N) is 2. The van der Waals surface area contributed by atoms with E-state index in [4.69, 9.17) is 9.72 Å². The summed E-state index contributed by atoms with van der Waals surface area (Å²) in [4.78, 5) is 7.20. The number of ether oxygens (including phenoxy) is 1. The fraction of sp³-hybridized carbons (Fsp3) is 0.471. The molecule has 1 atom stereocenters. The number of pyridine rings is 1. The highest BCUT2D eigenvalue weighted by molar-refractivity contribution is 5.84. The number of para-hydroxylation sites is 1. The summed E-state index contributed by atoms with van der Waals surface area (Å²) in [5.41, 5.74) is 2.37. The lowest BCUT2D eigenvalue weighted by atomic mass is 10.1. The first kappa shape index (κ1) is 14.3. The molecule has 1 fully saturated rings. The molecule has 112 valence electrons. The van der Waals surface area contributed by atoms with Crippen LogP contribution in [0.5, 0.6) is 0 Å². The van der Waals surface area contributed by atoms with Crippen LogP contribution in [0.25, 0.3) is 10.9 Å². The Hall–Kier alpha value is -1.65. The van der Waals surface area contributed by atoms with Gasteiger partial charge in [-0.05, 0) is 31.2 Å². The normalized spacial score (nSPS) is 19.1. The molecule has 4 heteroatoms. The van der Waals surface area contributed by atoms with Crippen molar-refractivity contribution in [3.05, 3.63) is 35.9 Å². The van der Waals surface area contributed by atoms with Crippen molar-refractivity contribution in [3.63, 3.8) is 0 Å². The topological polar surface area (TPSA) is 37.4 Å². The van der Waals surface area contributed by atoms with Crippen LogP contribution in [0.2, 0.25) is 0 Å². The monoisotopic (exact) mass is 285 g/mol. The summed E-state index contributed by atoms with van der Waals surface area (Å²) in [7, 11) is 1.98. The van der Waals surface area contributed by atoms with Gasteiger partial charge in [-0.3, -0.25) is 0 Å². The van der Waals surface area contributed by atoms with Crippen LogP contribution in [-0.2, 0) is 11.3 Å². The van der Waals surface area contributed by atoms with Gasteiger partial charge in [0.15, 0.2) is 0 Å². The molecule has 3 rings (SSSR count). The van der Waals surface area contributed by atoms with Crippen molar-refractivity contribution in [2.75, 3.05) is 31.6 Å². The van der Waals surface area contributed by atoms with Crippen LogP contribution < -0.4 is 10.2 Å². The summed E-state index contributed by atoms with van der Waals surface area (Å²) in [6.07, 6.45) is 1.37. The Morgan fingerprint density at radius 3 is 3.05 bits per heavy atom. The van der Waals surface area contributed by atoms with Gasteiger partial charge in [0, 0.05) is 25.0 Å². The quantitative estimate of drug-likeness (QED) is 0.937. The van der Waals surface area contributed by atoms with Gasteiger partial charge in [0.2, 0.25) is 0 Å². The molecule has 4 nitrogen and oxygen atoms in total. The van der Waals surface area contributed by atoms with Crippen LogP contribution in [0, 0.1) is 0 Å². The molecule has 21 heavy (non-hydrogen) atoms. The van der Waals surface area contributed by atoms with Gasteiger partial charge < -0.3 is 15.0 Å². The van der Waals surface area contributed by atoms with Gasteiger partial charge in [0.1, 0.15) is 5.82 Å². The van der Waals surface area contributed by atoms with E-state index in [0.29, 0.717) is 6.10 Å². The lowest BCUT2D eigenvalue weighted by Crippen LogP contribution is -2.42. The first-order valence-electron chi connectivity index (χ1n) is 7.71. The Labute approximate surface area is 126 Å². The number of hydrogen-bond acceptors (Lipinski definition) is 4. The fourth-order valence-corrected chi connectivity index (χ4v) is 2.91. The van der Waals surface area contributed by atoms with Crippen LogP contribution in [0.3, 0.4) is 0 Å². The van der Waals surface area contributed by atoms with E-state index in [9.17, 15) is 0 Å². The summed E-state index contributed by atoms with van der Waals surface area (Å²) in [6, 6.07) is 10.6. The summed E-state index contributed by atoms with van der Waals surface area (Å²) in [5, 5.41) is 4.49. The third-order valence-electron chi connectivity index (χ3n) is 4.07.